The van der Waals surface area contributed by atoms with Gasteiger partial charge in [0.15, 0.2) is 11.5 Å². The van der Waals surface area contributed by atoms with Gasteiger partial charge >= 0.3 is 17.8 Å². The van der Waals surface area contributed by atoms with Crippen LogP contribution in [0.1, 0.15) is 43.4 Å². The van der Waals surface area contributed by atoms with E-state index in [2.05, 4.69) is 0 Å². The first kappa shape index (κ1) is 23.7. The van der Waals surface area contributed by atoms with E-state index in [1.165, 1.54) is 36.3 Å². The third-order valence-electron chi connectivity index (χ3n) is 6.15. The van der Waals surface area contributed by atoms with E-state index in [0.717, 1.165) is 18.6 Å². The van der Waals surface area contributed by atoms with Crippen LogP contribution in [0.5, 0.6) is 11.5 Å². The molecule has 2 aromatic carbocycles. The van der Waals surface area contributed by atoms with Gasteiger partial charge in [-0.15, -0.1) is 0 Å². The first-order valence-corrected chi connectivity index (χ1v) is 10.8. The highest BCUT2D eigenvalue weighted by Gasteiger charge is 2.36. The van der Waals surface area contributed by atoms with Gasteiger partial charge in [-0.2, -0.15) is 13.2 Å². The van der Waals surface area contributed by atoms with Crippen LogP contribution >= 0.6 is 0 Å². The number of imidazole rings is 1. The van der Waals surface area contributed by atoms with E-state index in [4.69, 9.17) is 14.2 Å². The van der Waals surface area contributed by atoms with Crippen LogP contribution in [-0.2, 0) is 22.3 Å². The van der Waals surface area contributed by atoms with Gasteiger partial charge in [0.25, 0.3) is 0 Å². The molecular formula is C24H25F3N2O5. The first-order valence-electron chi connectivity index (χ1n) is 10.8. The molecule has 3 aromatic rings. The van der Waals surface area contributed by atoms with Crippen molar-refractivity contribution in [3.63, 3.8) is 0 Å². The molecule has 0 saturated heterocycles. The second-order valence-corrected chi connectivity index (χ2v) is 8.28. The number of nitrogens with zero attached hydrogens (tertiary/aromatic N) is 2. The number of rotatable bonds is 6. The quantitative estimate of drug-likeness (QED) is 0.487. The number of carbonyl (C=O) groups excluding carboxylic acids is 1. The first-order chi connectivity index (χ1) is 16.1. The Hall–Kier alpha value is -3.43. The number of methoxy groups -OCH3 is 2. The standard InChI is InChI=1S/C24H25F3N2O5/c1-14(30)34-20-6-4-5-18(20)29-17-9-8-16(24(25,26)27)12-19(17)28(23(29)31)13-15-7-10-21(32-2)22(11-15)33-3/h7-12,18,20H,4-6,13H2,1-3H3/t18-,20-/m1/s1. The lowest BCUT2D eigenvalue weighted by Crippen LogP contribution is -2.33. The molecule has 1 heterocycles. The predicted molar refractivity (Wildman–Crippen MR) is 118 cm³/mol. The van der Waals surface area contributed by atoms with Gasteiger partial charge in [0.2, 0.25) is 0 Å². The Kier molecular flexibility index (Phi) is 6.33. The van der Waals surface area contributed by atoms with Gasteiger partial charge in [-0.3, -0.25) is 13.9 Å². The molecule has 0 spiro atoms. The summed E-state index contributed by atoms with van der Waals surface area (Å²) in [7, 11) is 2.97. The number of fused-ring (bicyclic) bond motifs is 1. The van der Waals surface area contributed by atoms with E-state index in [1.807, 2.05) is 0 Å². The Morgan fingerprint density at radius 1 is 1.03 bits per heavy atom. The summed E-state index contributed by atoms with van der Waals surface area (Å²) in [4.78, 5) is 25.2. The third-order valence-corrected chi connectivity index (χ3v) is 6.15. The van der Waals surface area contributed by atoms with Gasteiger partial charge < -0.3 is 14.2 Å². The highest BCUT2D eigenvalue weighted by atomic mass is 19.4. The number of hydrogen-bond acceptors (Lipinski definition) is 5. The predicted octanol–water partition coefficient (Wildman–Crippen LogP) is 4.54. The highest BCUT2D eigenvalue weighted by Crippen LogP contribution is 2.36. The fourth-order valence-electron chi connectivity index (χ4n) is 4.64. The molecule has 0 unspecified atom stereocenters. The van der Waals surface area contributed by atoms with Crippen molar-refractivity contribution in [2.75, 3.05) is 14.2 Å². The van der Waals surface area contributed by atoms with Crippen LogP contribution in [0.15, 0.2) is 41.2 Å². The van der Waals surface area contributed by atoms with E-state index in [-0.39, 0.29) is 12.1 Å². The third kappa shape index (κ3) is 4.36. The summed E-state index contributed by atoms with van der Waals surface area (Å²) in [5.41, 5.74) is -0.140. The molecule has 1 saturated carbocycles. The maximum absolute atomic E-state index is 13.6. The molecule has 0 amide bonds. The lowest BCUT2D eigenvalue weighted by atomic mass is 10.1. The van der Waals surface area contributed by atoms with E-state index in [1.54, 1.807) is 18.2 Å². The van der Waals surface area contributed by atoms with Crippen molar-refractivity contribution in [2.24, 2.45) is 0 Å². The fraction of sp³-hybridized carbons (Fsp3) is 0.417. The number of benzene rings is 2. The molecule has 34 heavy (non-hydrogen) atoms. The molecule has 1 fully saturated rings. The van der Waals surface area contributed by atoms with Gasteiger partial charge in [0.1, 0.15) is 6.10 Å². The van der Waals surface area contributed by atoms with Crippen molar-refractivity contribution in [3.05, 3.63) is 58.0 Å². The minimum absolute atomic E-state index is 0.0228. The van der Waals surface area contributed by atoms with Crippen LogP contribution in [0.4, 0.5) is 13.2 Å². The molecule has 1 aliphatic carbocycles. The Morgan fingerprint density at radius 3 is 2.41 bits per heavy atom. The molecule has 182 valence electrons. The highest BCUT2D eigenvalue weighted by molar-refractivity contribution is 5.77. The maximum atomic E-state index is 13.6. The molecular weight excluding hydrogens is 453 g/mol. The van der Waals surface area contributed by atoms with E-state index >= 15 is 0 Å². The molecule has 4 rings (SSSR count). The molecule has 1 aromatic heterocycles. The van der Waals surface area contributed by atoms with Crippen LogP contribution in [0.3, 0.4) is 0 Å². The molecule has 0 bridgehead atoms. The van der Waals surface area contributed by atoms with Gasteiger partial charge in [-0.25, -0.2) is 4.79 Å². The van der Waals surface area contributed by atoms with Crippen LogP contribution in [-0.4, -0.2) is 35.4 Å². The minimum Gasteiger partial charge on any atom is -0.493 e. The van der Waals surface area contributed by atoms with Gasteiger partial charge in [0, 0.05) is 6.92 Å². The van der Waals surface area contributed by atoms with Crippen molar-refractivity contribution >= 4 is 17.0 Å². The molecule has 7 nitrogen and oxygen atoms in total. The average molecular weight is 478 g/mol. The smallest absolute Gasteiger partial charge is 0.416 e. The summed E-state index contributed by atoms with van der Waals surface area (Å²) < 4.78 is 59.2. The number of carbonyl (C=O) groups is 1. The Bertz CT molecular complexity index is 1280. The second kappa shape index (κ2) is 9.08. The summed E-state index contributed by atoms with van der Waals surface area (Å²) >= 11 is 0. The molecule has 10 heteroatoms. The topological polar surface area (TPSA) is 71.7 Å². The van der Waals surface area contributed by atoms with Gasteiger partial charge in [-0.05, 0) is 55.2 Å². The average Bonchev–Trinajstić information content (AvgIpc) is 3.33. The minimum atomic E-state index is -4.56. The van der Waals surface area contributed by atoms with Gasteiger partial charge in [0.05, 0.1) is 43.4 Å². The maximum Gasteiger partial charge on any atom is 0.416 e. The zero-order valence-electron chi connectivity index (χ0n) is 19.0. The number of alkyl halides is 3. The van der Waals surface area contributed by atoms with Crippen molar-refractivity contribution in [2.45, 2.75) is 51.1 Å². The lowest BCUT2D eigenvalue weighted by Gasteiger charge is -2.21. The Morgan fingerprint density at radius 2 is 1.76 bits per heavy atom. The largest absolute Gasteiger partial charge is 0.493 e. The molecule has 2 atom stereocenters. The number of hydrogen-bond donors (Lipinski definition) is 0. The van der Waals surface area contributed by atoms with Crippen molar-refractivity contribution in [1.29, 1.82) is 0 Å². The van der Waals surface area contributed by atoms with Gasteiger partial charge in [-0.1, -0.05) is 6.07 Å². The normalized spacial score (nSPS) is 18.3. The fourth-order valence-corrected chi connectivity index (χ4v) is 4.64. The number of aromatic nitrogens is 2. The van der Waals surface area contributed by atoms with Crippen molar-refractivity contribution < 1.29 is 32.2 Å². The zero-order valence-corrected chi connectivity index (χ0v) is 19.0. The van der Waals surface area contributed by atoms with E-state index in [9.17, 15) is 22.8 Å². The monoisotopic (exact) mass is 478 g/mol. The van der Waals surface area contributed by atoms with Crippen LogP contribution < -0.4 is 15.2 Å². The number of ether oxygens (including phenoxy) is 3. The van der Waals surface area contributed by atoms with Crippen molar-refractivity contribution in [1.82, 2.24) is 9.13 Å². The van der Waals surface area contributed by atoms with E-state index < -0.39 is 35.5 Å². The summed E-state index contributed by atoms with van der Waals surface area (Å²) in [5, 5.41) is 0. The molecule has 0 aliphatic heterocycles. The lowest BCUT2D eigenvalue weighted by molar-refractivity contribution is -0.147. The SMILES string of the molecule is COc1ccc(Cn2c(=O)n([C@@H]3CCC[C@H]3OC(C)=O)c3ccc(C(F)(F)F)cc32)cc1OC. The molecule has 1 aliphatic rings. The Labute approximate surface area is 193 Å². The summed E-state index contributed by atoms with van der Waals surface area (Å²) in [6, 6.07) is 7.89. The molecule has 0 N–H and O–H groups in total. The van der Waals surface area contributed by atoms with Crippen LogP contribution in [0, 0.1) is 0 Å². The van der Waals surface area contributed by atoms with Crippen LogP contribution in [0.25, 0.3) is 11.0 Å². The molecule has 0 radical (unpaired) electrons. The number of esters is 1. The van der Waals surface area contributed by atoms with Crippen LogP contribution in [0.2, 0.25) is 0 Å². The number of halogens is 3. The zero-order chi connectivity index (χ0) is 24.6. The second-order valence-electron chi connectivity index (χ2n) is 8.28. The summed E-state index contributed by atoms with van der Waals surface area (Å²) in [5.74, 6) is 0.479. The van der Waals surface area contributed by atoms with Crippen molar-refractivity contribution in [3.8, 4) is 11.5 Å². The Balaban J connectivity index is 1.87. The van der Waals surface area contributed by atoms with E-state index in [0.29, 0.717) is 35.4 Å². The summed E-state index contributed by atoms with van der Waals surface area (Å²) in [6.45, 7) is 1.32. The summed E-state index contributed by atoms with van der Waals surface area (Å²) in [6.07, 6.45) is -3.18.